The summed E-state index contributed by atoms with van der Waals surface area (Å²) in [6.07, 6.45) is 0.673. The maximum atomic E-state index is 13.9. The zero-order chi connectivity index (χ0) is 46.1. The van der Waals surface area contributed by atoms with E-state index in [2.05, 4.69) is 33.5 Å². The predicted molar refractivity (Wildman–Crippen MR) is 240 cm³/mol. The van der Waals surface area contributed by atoms with E-state index < -0.39 is 41.6 Å². The van der Waals surface area contributed by atoms with Gasteiger partial charge in [-0.25, -0.2) is 23.2 Å². The molecule has 4 aromatic carbocycles. The molecule has 2 saturated heterocycles. The Balaban J connectivity index is 0.000000249. The van der Waals surface area contributed by atoms with E-state index in [0.717, 1.165) is 22.3 Å². The van der Waals surface area contributed by atoms with E-state index in [-0.39, 0.29) is 17.5 Å². The number of benzene rings is 4. The maximum absolute atomic E-state index is 13.9. The first kappa shape index (κ1) is 48.5. The highest BCUT2D eigenvalue weighted by atomic mass is 19.1. The number of methoxy groups -OCH3 is 2. The number of esters is 2. The fourth-order valence-corrected chi connectivity index (χ4v) is 7.32. The lowest BCUT2D eigenvalue weighted by molar-refractivity contribution is -0.156. The molecule has 0 N–H and O–H groups in total. The van der Waals surface area contributed by atoms with Crippen molar-refractivity contribution >= 4 is 23.9 Å². The molecule has 0 bridgehead atoms. The summed E-state index contributed by atoms with van der Waals surface area (Å²) in [6, 6.07) is 30.0. The molecule has 0 aromatic heterocycles. The zero-order valence-corrected chi connectivity index (χ0v) is 37.1. The summed E-state index contributed by atoms with van der Waals surface area (Å²) in [6.45, 7) is 9.46. The van der Waals surface area contributed by atoms with E-state index in [1.54, 1.807) is 49.9 Å². The van der Waals surface area contributed by atoms with Crippen molar-refractivity contribution in [2.24, 2.45) is 0 Å². The van der Waals surface area contributed by atoms with Crippen LogP contribution in [0.5, 0.6) is 0 Å². The molecule has 0 aliphatic carbocycles. The van der Waals surface area contributed by atoms with E-state index in [9.17, 15) is 28.0 Å². The number of carbonyl (C=O) groups is 4. The minimum absolute atomic E-state index is 0.112. The zero-order valence-electron chi connectivity index (χ0n) is 37.1. The van der Waals surface area contributed by atoms with Gasteiger partial charge in [0.1, 0.15) is 29.3 Å². The first-order valence-corrected chi connectivity index (χ1v) is 21.3. The summed E-state index contributed by atoms with van der Waals surface area (Å²) in [5, 5.41) is 0. The van der Waals surface area contributed by atoms with Crippen molar-refractivity contribution in [1.82, 2.24) is 19.6 Å². The van der Waals surface area contributed by atoms with Crippen LogP contribution in [0, 0.1) is 35.3 Å². The number of hydrogen-bond acceptors (Lipinski definition) is 9. The van der Waals surface area contributed by atoms with Crippen molar-refractivity contribution in [3.05, 3.63) is 143 Å². The second-order valence-corrected chi connectivity index (χ2v) is 16.3. The third-order valence-corrected chi connectivity index (χ3v) is 10.6. The second kappa shape index (κ2) is 23.8. The van der Waals surface area contributed by atoms with Gasteiger partial charge in [0.25, 0.3) is 0 Å². The van der Waals surface area contributed by atoms with E-state index in [1.807, 2.05) is 60.7 Å². The van der Waals surface area contributed by atoms with Crippen LogP contribution < -0.4 is 0 Å². The fourth-order valence-electron chi connectivity index (χ4n) is 7.32. The summed E-state index contributed by atoms with van der Waals surface area (Å²) in [4.78, 5) is 58.6. The molecule has 2 fully saturated rings. The monoisotopic (exact) mass is 874 g/mol. The number of rotatable bonds is 9. The van der Waals surface area contributed by atoms with Crippen LogP contribution >= 0.6 is 0 Å². The molecule has 0 spiro atoms. The van der Waals surface area contributed by atoms with Crippen LogP contribution in [0.3, 0.4) is 0 Å². The quantitative estimate of drug-likeness (QED) is 0.103. The number of amides is 2. The lowest BCUT2D eigenvalue weighted by Crippen LogP contribution is -2.59. The van der Waals surface area contributed by atoms with Crippen LogP contribution in [-0.4, -0.2) is 128 Å². The average molecular weight is 875 g/mol. The van der Waals surface area contributed by atoms with Crippen molar-refractivity contribution in [1.29, 1.82) is 0 Å². The minimum Gasteiger partial charge on any atom is -0.467 e. The first-order chi connectivity index (χ1) is 30.8. The third-order valence-electron chi connectivity index (χ3n) is 10.6. The summed E-state index contributed by atoms with van der Waals surface area (Å²) in [7, 11) is 2.66. The Hall–Kier alpha value is -6.54. The maximum Gasteiger partial charge on any atom is 0.411 e. The Morgan fingerprint density at radius 2 is 1.02 bits per heavy atom. The highest BCUT2D eigenvalue weighted by Gasteiger charge is 2.40. The number of carbonyl (C=O) groups excluding carboxylic acids is 4. The van der Waals surface area contributed by atoms with Crippen molar-refractivity contribution in [2.45, 2.75) is 57.2 Å². The van der Waals surface area contributed by atoms with Gasteiger partial charge in [-0.2, -0.15) is 0 Å². The molecule has 2 amide bonds. The Morgan fingerprint density at radius 1 is 0.609 bits per heavy atom. The van der Waals surface area contributed by atoms with Gasteiger partial charge in [-0.15, -0.1) is 0 Å². The normalized spacial score (nSPS) is 16.5. The number of piperazine rings is 2. The fraction of sp³-hybridized carbons (Fsp3) is 0.373. The van der Waals surface area contributed by atoms with Crippen LogP contribution in [0.2, 0.25) is 0 Å². The predicted octanol–water partition coefficient (Wildman–Crippen LogP) is 6.75. The Labute approximate surface area is 375 Å². The van der Waals surface area contributed by atoms with E-state index >= 15 is 0 Å². The van der Waals surface area contributed by atoms with Gasteiger partial charge < -0.3 is 19.1 Å². The van der Waals surface area contributed by atoms with Gasteiger partial charge in [-0.05, 0) is 80.4 Å². The van der Waals surface area contributed by atoms with Crippen LogP contribution in [0.1, 0.15) is 61.8 Å². The largest absolute Gasteiger partial charge is 0.467 e. The molecule has 0 saturated carbocycles. The molecule has 6 rings (SSSR count). The topological polar surface area (TPSA) is 109 Å². The SMILES string of the molecule is COC(=O)[C@@H]1CN(CCC#Cc2ccc(F)cc2)CCN1C(=O)C(c1ccccc1)c1ccccc1.COC(=O)[C@@H]1CN(CCC#Cc2ccc(F)cc2)CCN1C(=O)OC(C)(C)C. The number of ether oxygens (including phenoxy) is 3. The molecule has 64 heavy (non-hydrogen) atoms. The van der Waals surface area contributed by atoms with Gasteiger partial charge in [0.2, 0.25) is 5.91 Å². The van der Waals surface area contributed by atoms with E-state index in [1.165, 1.54) is 43.4 Å². The molecule has 13 heteroatoms. The molecular weight excluding hydrogens is 819 g/mol. The van der Waals surface area contributed by atoms with E-state index in [0.29, 0.717) is 65.2 Å². The molecule has 2 heterocycles. The second-order valence-electron chi connectivity index (χ2n) is 16.3. The Kier molecular flexibility index (Phi) is 18.0. The van der Waals surface area contributed by atoms with E-state index in [4.69, 9.17) is 14.2 Å². The summed E-state index contributed by atoms with van der Waals surface area (Å²) < 4.78 is 41.3. The molecule has 0 radical (unpaired) electrons. The van der Waals surface area contributed by atoms with Crippen LogP contribution in [0.25, 0.3) is 0 Å². The molecule has 2 aliphatic rings. The van der Waals surface area contributed by atoms with Crippen LogP contribution in [0.4, 0.5) is 13.6 Å². The first-order valence-electron chi connectivity index (χ1n) is 21.3. The average Bonchev–Trinajstić information content (AvgIpc) is 3.30. The van der Waals surface area contributed by atoms with Gasteiger partial charge in [-0.1, -0.05) is 84.3 Å². The molecule has 0 unspecified atom stereocenters. The van der Waals surface area contributed by atoms with Crippen molar-refractivity contribution < 1.29 is 42.2 Å². The lowest BCUT2D eigenvalue weighted by Gasteiger charge is -2.41. The molecule has 4 aromatic rings. The minimum atomic E-state index is -0.710. The standard InChI is InChI=1S/C30H29FN2O3.C21H27FN2O4/c1-36-30(35)27-22-32(19-9-8-10-23-15-17-26(31)18-16-23)20-21-33(27)29(34)28(24-11-4-2-5-12-24)25-13-6-3-7-14-25;1-21(2,3)28-20(26)24-14-13-23(15-18(24)19(25)27-4)12-6-5-7-16-8-10-17(22)11-9-16/h2-7,11-18,27-28H,9,19-22H2,1H3;8-11,18H,6,12-15H2,1-4H3/t27-;18-/m00/s1. The van der Waals surface area contributed by atoms with Gasteiger partial charge in [0.15, 0.2) is 0 Å². The summed E-state index contributed by atoms with van der Waals surface area (Å²) in [5.41, 5.74) is 2.65. The van der Waals surface area contributed by atoms with Crippen molar-refractivity contribution in [3.8, 4) is 23.7 Å². The molecule has 11 nitrogen and oxygen atoms in total. The summed E-state index contributed by atoms with van der Waals surface area (Å²) in [5.74, 6) is 10.1. The van der Waals surface area contributed by atoms with Crippen LogP contribution in [-0.2, 0) is 28.6 Å². The number of hydrogen-bond donors (Lipinski definition) is 0. The van der Waals surface area contributed by atoms with Gasteiger partial charge in [0.05, 0.1) is 20.1 Å². The highest BCUT2D eigenvalue weighted by Crippen LogP contribution is 2.29. The third kappa shape index (κ3) is 14.5. The molecule has 2 atom stereocenters. The Morgan fingerprint density at radius 3 is 1.42 bits per heavy atom. The van der Waals surface area contributed by atoms with Crippen molar-refractivity contribution in [3.63, 3.8) is 0 Å². The smallest absolute Gasteiger partial charge is 0.411 e. The summed E-state index contributed by atoms with van der Waals surface area (Å²) >= 11 is 0. The number of halogens is 2. The van der Waals surface area contributed by atoms with Gasteiger partial charge >= 0.3 is 18.0 Å². The van der Waals surface area contributed by atoms with Gasteiger partial charge in [-0.3, -0.25) is 19.5 Å². The molecule has 2 aliphatic heterocycles. The highest BCUT2D eigenvalue weighted by molar-refractivity contribution is 5.91. The Bertz CT molecular complexity index is 2240. The molecule has 336 valence electrons. The molecular formula is C51H56F2N4O7. The lowest BCUT2D eigenvalue weighted by atomic mass is 9.89. The van der Waals surface area contributed by atoms with Crippen LogP contribution in [0.15, 0.2) is 109 Å². The van der Waals surface area contributed by atoms with Gasteiger partial charge in [0, 0.05) is 76.3 Å². The number of nitrogens with zero attached hydrogens (tertiary/aromatic N) is 4. The van der Waals surface area contributed by atoms with Crippen molar-refractivity contribution in [2.75, 3.05) is 66.6 Å².